The second kappa shape index (κ2) is 7.28. The second-order valence-electron chi connectivity index (χ2n) is 6.93. The molecule has 1 aliphatic rings. The lowest BCUT2D eigenvalue weighted by atomic mass is 10.0. The Balaban J connectivity index is 1.75. The van der Waals surface area contributed by atoms with Crippen LogP contribution in [0.15, 0.2) is 40.8 Å². The average Bonchev–Trinajstić information content (AvgIpc) is 3.13. The summed E-state index contributed by atoms with van der Waals surface area (Å²) in [6.07, 6.45) is 0. The first-order chi connectivity index (χ1) is 13.4. The predicted molar refractivity (Wildman–Crippen MR) is 107 cm³/mol. The van der Waals surface area contributed by atoms with E-state index in [2.05, 4.69) is 4.98 Å². The largest absolute Gasteiger partial charge is 0.460 e. The Morgan fingerprint density at radius 2 is 1.75 bits per heavy atom. The number of carbonyl (C=O) groups is 2. The molecule has 0 radical (unpaired) electrons. The number of hydrogen-bond donors (Lipinski definition) is 0. The molecule has 3 heterocycles. The third-order valence-corrected chi connectivity index (χ3v) is 5.24. The van der Waals surface area contributed by atoms with Gasteiger partial charge in [-0.05, 0) is 43.3 Å². The Bertz CT molecular complexity index is 1070. The first-order valence-corrected chi connectivity index (χ1v) is 9.52. The van der Waals surface area contributed by atoms with E-state index in [4.69, 9.17) is 16.0 Å². The summed E-state index contributed by atoms with van der Waals surface area (Å²) in [5, 5.41) is 1.25. The molecule has 0 atom stereocenters. The van der Waals surface area contributed by atoms with Crippen LogP contribution in [0.25, 0.3) is 22.4 Å². The number of piperazine rings is 1. The van der Waals surface area contributed by atoms with Gasteiger partial charge in [0.15, 0.2) is 5.76 Å². The molecule has 0 bridgehead atoms. The fourth-order valence-corrected chi connectivity index (χ4v) is 3.64. The van der Waals surface area contributed by atoms with Gasteiger partial charge in [-0.1, -0.05) is 11.6 Å². The summed E-state index contributed by atoms with van der Waals surface area (Å²) < 4.78 is 5.71. The maximum atomic E-state index is 13.3. The molecule has 4 rings (SSSR count). The highest BCUT2D eigenvalue weighted by Gasteiger charge is 2.25. The van der Waals surface area contributed by atoms with Gasteiger partial charge in [0.05, 0.1) is 11.1 Å². The SMILES string of the molecule is CC(=O)N1CCN(C(=O)c2cc(-c3ccc(C)o3)nc3ccc(Cl)cc23)CC1. The summed E-state index contributed by atoms with van der Waals surface area (Å²) in [4.78, 5) is 33.0. The molecule has 144 valence electrons. The van der Waals surface area contributed by atoms with Crippen LogP contribution in [0.4, 0.5) is 0 Å². The number of fused-ring (bicyclic) bond motifs is 1. The number of hydrogen-bond acceptors (Lipinski definition) is 4. The first-order valence-electron chi connectivity index (χ1n) is 9.14. The minimum atomic E-state index is -0.0950. The smallest absolute Gasteiger partial charge is 0.254 e. The Hall–Kier alpha value is -2.86. The van der Waals surface area contributed by atoms with Gasteiger partial charge in [-0.2, -0.15) is 0 Å². The van der Waals surface area contributed by atoms with Gasteiger partial charge in [-0.3, -0.25) is 9.59 Å². The van der Waals surface area contributed by atoms with Crippen LogP contribution in [0.5, 0.6) is 0 Å². The number of pyridine rings is 1. The monoisotopic (exact) mass is 397 g/mol. The van der Waals surface area contributed by atoms with Crippen LogP contribution in [-0.2, 0) is 4.79 Å². The van der Waals surface area contributed by atoms with Crippen LogP contribution in [-0.4, -0.2) is 52.8 Å². The highest BCUT2D eigenvalue weighted by atomic mass is 35.5. The summed E-state index contributed by atoms with van der Waals surface area (Å²) in [6.45, 7) is 5.48. The average molecular weight is 398 g/mol. The second-order valence-corrected chi connectivity index (χ2v) is 7.36. The van der Waals surface area contributed by atoms with Gasteiger partial charge in [-0.15, -0.1) is 0 Å². The third-order valence-electron chi connectivity index (χ3n) is 5.01. The number of nitrogens with zero attached hydrogens (tertiary/aromatic N) is 3. The van der Waals surface area contributed by atoms with E-state index >= 15 is 0 Å². The molecule has 6 nitrogen and oxygen atoms in total. The molecule has 0 aliphatic carbocycles. The normalized spacial score (nSPS) is 14.5. The van der Waals surface area contributed by atoms with Gasteiger partial charge in [0.25, 0.3) is 5.91 Å². The molecule has 2 amide bonds. The zero-order valence-corrected chi connectivity index (χ0v) is 16.5. The van der Waals surface area contributed by atoms with Gasteiger partial charge < -0.3 is 14.2 Å². The molecule has 1 saturated heterocycles. The molecule has 28 heavy (non-hydrogen) atoms. The van der Waals surface area contributed by atoms with Crippen molar-refractivity contribution in [2.45, 2.75) is 13.8 Å². The highest BCUT2D eigenvalue weighted by molar-refractivity contribution is 6.31. The van der Waals surface area contributed by atoms with E-state index in [1.807, 2.05) is 19.1 Å². The van der Waals surface area contributed by atoms with Crippen molar-refractivity contribution in [3.8, 4) is 11.5 Å². The van der Waals surface area contributed by atoms with E-state index in [1.54, 1.807) is 41.0 Å². The van der Waals surface area contributed by atoms with Crippen molar-refractivity contribution in [3.63, 3.8) is 0 Å². The van der Waals surface area contributed by atoms with Crippen molar-refractivity contribution < 1.29 is 14.0 Å². The minimum Gasteiger partial charge on any atom is -0.460 e. The molecule has 7 heteroatoms. The molecule has 0 unspecified atom stereocenters. The Morgan fingerprint density at radius 1 is 1.04 bits per heavy atom. The van der Waals surface area contributed by atoms with Crippen LogP contribution in [0.3, 0.4) is 0 Å². The number of amides is 2. The summed E-state index contributed by atoms with van der Waals surface area (Å²) >= 11 is 6.18. The lowest BCUT2D eigenvalue weighted by molar-refractivity contribution is -0.130. The molecule has 1 aromatic carbocycles. The molecule has 1 fully saturated rings. The first kappa shape index (κ1) is 18.5. The summed E-state index contributed by atoms with van der Waals surface area (Å²) in [6, 6.07) is 10.8. The highest BCUT2D eigenvalue weighted by Crippen LogP contribution is 2.29. The fourth-order valence-electron chi connectivity index (χ4n) is 3.47. The quantitative estimate of drug-likeness (QED) is 0.660. The molecule has 1 aliphatic heterocycles. The number of rotatable bonds is 2. The maximum Gasteiger partial charge on any atom is 0.254 e. The fraction of sp³-hybridized carbons (Fsp3) is 0.286. The molecule has 0 saturated carbocycles. The van der Waals surface area contributed by atoms with Gasteiger partial charge in [0, 0.05) is 43.5 Å². The molecule has 2 aromatic heterocycles. The summed E-state index contributed by atoms with van der Waals surface area (Å²) in [5.41, 5.74) is 1.82. The number of carbonyl (C=O) groups excluding carboxylic acids is 2. The lowest BCUT2D eigenvalue weighted by Crippen LogP contribution is -2.50. The van der Waals surface area contributed by atoms with E-state index in [9.17, 15) is 9.59 Å². The van der Waals surface area contributed by atoms with Gasteiger partial charge >= 0.3 is 0 Å². The summed E-state index contributed by atoms with van der Waals surface area (Å²) in [5.74, 6) is 1.33. The van der Waals surface area contributed by atoms with Crippen molar-refractivity contribution >= 4 is 34.3 Å². The van der Waals surface area contributed by atoms with Crippen LogP contribution >= 0.6 is 11.6 Å². The van der Waals surface area contributed by atoms with Gasteiger partial charge in [0.1, 0.15) is 11.5 Å². The van der Waals surface area contributed by atoms with E-state index in [0.717, 1.165) is 5.76 Å². The minimum absolute atomic E-state index is 0.0312. The van der Waals surface area contributed by atoms with Crippen molar-refractivity contribution in [3.05, 3.63) is 52.7 Å². The van der Waals surface area contributed by atoms with Crippen molar-refractivity contribution in [1.29, 1.82) is 0 Å². The predicted octanol–water partition coefficient (Wildman–Crippen LogP) is 3.76. The molecule has 3 aromatic rings. The zero-order chi connectivity index (χ0) is 19.8. The van der Waals surface area contributed by atoms with E-state index < -0.39 is 0 Å². The van der Waals surface area contributed by atoms with Gasteiger partial charge in [-0.25, -0.2) is 4.98 Å². The van der Waals surface area contributed by atoms with Crippen molar-refractivity contribution in [1.82, 2.24) is 14.8 Å². The van der Waals surface area contributed by atoms with Crippen LogP contribution < -0.4 is 0 Å². The van der Waals surface area contributed by atoms with Crippen molar-refractivity contribution in [2.24, 2.45) is 0 Å². The van der Waals surface area contributed by atoms with E-state index in [0.29, 0.717) is 59.1 Å². The van der Waals surface area contributed by atoms with Gasteiger partial charge in [0.2, 0.25) is 5.91 Å². The Labute approximate surface area is 167 Å². The third kappa shape index (κ3) is 3.47. The van der Waals surface area contributed by atoms with E-state index in [-0.39, 0.29) is 11.8 Å². The molecule has 0 N–H and O–H groups in total. The number of benzene rings is 1. The summed E-state index contributed by atoms with van der Waals surface area (Å²) in [7, 11) is 0. The van der Waals surface area contributed by atoms with Crippen LogP contribution in [0.1, 0.15) is 23.0 Å². The number of aromatic nitrogens is 1. The topological polar surface area (TPSA) is 66.7 Å². The lowest BCUT2D eigenvalue weighted by Gasteiger charge is -2.34. The number of halogens is 1. The van der Waals surface area contributed by atoms with E-state index in [1.165, 1.54) is 0 Å². The molecular weight excluding hydrogens is 378 g/mol. The van der Waals surface area contributed by atoms with Crippen LogP contribution in [0.2, 0.25) is 5.02 Å². The zero-order valence-electron chi connectivity index (χ0n) is 15.7. The Morgan fingerprint density at radius 3 is 2.39 bits per heavy atom. The van der Waals surface area contributed by atoms with Crippen LogP contribution in [0, 0.1) is 6.92 Å². The Kier molecular flexibility index (Phi) is 4.81. The molecule has 0 spiro atoms. The molecular formula is C21H20ClN3O3. The van der Waals surface area contributed by atoms with Crippen molar-refractivity contribution in [2.75, 3.05) is 26.2 Å². The number of furan rings is 1. The number of aryl methyl sites for hydroxylation is 1. The maximum absolute atomic E-state index is 13.3. The standard InChI is InChI=1S/C21H20ClN3O3/c1-13-3-6-20(28-13)19-12-17(16-11-15(22)4-5-18(16)23-19)21(27)25-9-7-24(8-10-25)14(2)26/h3-6,11-12H,7-10H2,1-2H3.